The summed E-state index contributed by atoms with van der Waals surface area (Å²) in [6.45, 7) is 7.70. The fourth-order valence-corrected chi connectivity index (χ4v) is 3.26. The van der Waals surface area contributed by atoms with Crippen molar-refractivity contribution in [2.75, 3.05) is 18.5 Å². The zero-order valence-electron chi connectivity index (χ0n) is 16.9. The predicted octanol–water partition coefficient (Wildman–Crippen LogP) is 0.970. The molecule has 2 atom stereocenters. The lowest BCUT2D eigenvalue weighted by Gasteiger charge is -2.33. The Morgan fingerprint density at radius 1 is 1.28 bits per heavy atom. The Morgan fingerprint density at radius 2 is 2.00 bits per heavy atom. The minimum atomic E-state index is -0.849. The van der Waals surface area contributed by atoms with E-state index in [-0.39, 0.29) is 24.0 Å². The van der Waals surface area contributed by atoms with Crippen LogP contribution in [0.5, 0.6) is 0 Å². The van der Waals surface area contributed by atoms with Gasteiger partial charge in [-0.15, -0.1) is 11.3 Å². The van der Waals surface area contributed by atoms with Gasteiger partial charge in [-0.2, -0.15) is 0 Å². The van der Waals surface area contributed by atoms with E-state index in [1.165, 1.54) is 17.4 Å². The van der Waals surface area contributed by atoms with Gasteiger partial charge >= 0.3 is 6.09 Å². The summed E-state index contributed by atoms with van der Waals surface area (Å²) in [5, 5.41) is 15.7. The second-order valence-corrected chi connectivity index (χ2v) is 8.36. The molecule has 1 aromatic rings. The highest BCUT2D eigenvalue weighted by molar-refractivity contribution is 7.14. The van der Waals surface area contributed by atoms with Gasteiger partial charge in [-0.3, -0.25) is 30.3 Å². The highest BCUT2D eigenvalue weighted by atomic mass is 32.1. The first-order valence-electron chi connectivity index (χ1n) is 9.28. The fourth-order valence-electron chi connectivity index (χ4n) is 2.47. The smallest absolute Gasteiger partial charge is 0.414 e. The summed E-state index contributed by atoms with van der Waals surface area (Å²) in [4.78, 5) is 48.5. The zero-order chi connectivity index (χ0) is 21.6. The first-order valence-corrected chi connectivity index (χ1v) is 10.2. The molecule has 0 bridgehead atoms. The van der Waals surface area contributed by atoms with Crippen LogP contribution in [0.3, 0.4) is 0 Å². The summed E-state index contributed by atoms with van der Waals surface area (Å²) >= 11 is 1.17. The molecule has 1 aliphatic heterocycles. The van der Waals surface area contributed by atoms with Crippen molar-refractivity contribution in [2.24, 2.45) is 5.41 Å². The van der Waals surface area contributed by atoms with Crippen molar-refractivity contribution in [2.45, 2.75) is 46.4 Å². The van der Waals surface area contributed by atoms with Crippen molar-refractivity contribution in [1.29, 1.82) is 0 Å². The monoisotopic (exact) mass is 425 g/mol. The van der Waals surface area contributed by atoms with Crippen LogP contribution >= 0.6 is 11.3 Å². The minimum absolute atomic E-state index is 0.140. The van der Waals surface area contributed by atoms with Crippen molar-refractivity contribution in [3.63, 3.8) is 0 Å². The summed E-state index contributed by atoms with van der Waals surface area (Å²) < 4.78 is 4.69. The summed E-state index contributed by atoms with van der Waals surface area (Å²) in [6.07, 6.45) is -0.886. The zero-order valence-corrected chi connectivity index (χ0v) is 17.7. The molecule has 2 heterocycles. The van der Waals surface area contributed by atoms with E-state index in [1.54, 1.807) is 33.1 Å². The molecular formula is C18H27N5O5S. The molecule has 2 unspecified atom stereocenters. The number of imide groups is 1. The summed E-state index contributed by atoms with van der Waals surface area (Å²) in [6, 6.07) is 0.946. The molecular weight excluding hydrogens is 398 g/mol. The molecule has 1 saturated heterocycles. The molecule has 0 spiro atoms. The lowest BCUT2D eigenvalue weighted by atomic mass is 9.96. The van der Waals surface area contributed by atoms with Crippen molar-refractivity contribution >= 4 is 40.2 Å². The van der Waals surface area contributed by atoms with Crippen molar-refractivity contribution < 1.29 is 23.9 Å². The molecule has 5 N–H and O–H groups in total. The fraction of sp³-hybridized carbons (Fsp3) is 0.556. The van der Waals surface area contributed by atoms with Crippen molar-refractivity contribution in [3.05, 3.63) is 17.0 Å². The lowest BCUT2D eigenvalue weighted by molar-refractivity contribution is -0.130. The third-order valence-electron chi connectivity index (χ3n) is 4.06. The molecule has 0 aromatic carbocycles. The van der Waals surface area contributed by atoms with E-state index in [4.69, 9.17) is 0 Å². The summed E-state index contributed by atoms with van der Waals surface area (Å²) in [7, 11) is 0. The lowest BCUT2D eigenvalue weighted by Crippen LogP contribution is -2.65. The summed E-state index contributed by atoms with van der Waals surface area (Å²) in [5.41, 5.74) is -0.389. The molecule has 0 radical (unpaired) electrons. The Kier molecular flexibility index (Phi) is 7.71. The number of hydrogen-bond acceptors (Lipinski definition) is 8. The van der Waals surface area contributed by atoms with Crippen LogP contribution < -0.4 is 26.6 Å². The number of ether oxygens (including phenoxy) is 1. The number of thiophene rings is 1. The first-order chi connectivity index (χ1) is 13.6. The number of nitrogens with one attached hydrogen (secondary N) is 5. The maximum Gasteiger partial charge on any atom is 0.414 e. The molecule has 1 fully saturated rings. The molecule has 4 amide bonds. The largest absolute Gasteiger partial charge is 0.450 e. The van der Waals surface area contributed by atoms with E-state index >= 15 is 0 Å². The number of anilines is 1. The van der Waals surface area contributed by atoms with Gasteiger partial charge in [0.1, 0.15) is 11.3 Å². The van der Waals surface area contributed by atoms with Crippen LogP contribution in [-0.2, 0) is 14.3 Å². The number of carbonyl (C=O) groups excluding carboxylic acids is 4. The van der Waals surface area contributed by atoms with Gasteiger partial charge in [-0.1, -0.05) is 20.8 Å². The van der Waals surface area contributed by atoms with Crippen molar-refractivity contribution in [3.8, 4) is 0 Å². The Bertz CT molecular complexity index is 773. The van der Waals surface area contributed by atoms with Crippen LogP contribution in [-0.4, -0.2) is 49.3 Å². The molecule has 11 heteroatoms. The maximum atomic E-state index is 12.7. The Balaban J connectivity index is 1.97. The Morgan fingerprint density at radius 3 is 2.66 bits per heavy atom. The van der Waals surface area contributed by atoms with Crippen LogP contribution in [0.1, 0.15) is 44.5 Å². The number of rotatable bonds is 5. The third-order valence-corrected chi connectivity index (χ3v) is 4.89. The van der Waals surface area contributed by atoms with Crippen molar-refractivity contribution in [1.82, 2.24) is 21.3 Å². The highest BCUT2D eigenvalue weighted by Gasteiger charge is 2.30. The number of hydrogen-bond donors (Lipinski definition) is 5. The van der Waals surface area contributed by atoms with E-state index in [0.717, 1.165) is 0 Å². The van der Waals surface area contributed by atoms with E-state index in [0.29, 0.717) is 18.0 Å². The first kappa shape index (κ1) is 22.8. The van der Waals surface area contributed by atoms with Gasteiger partial charge in [0, 0.05) is 12.0 Å². The molecule has 2 rings (SSSR count). The standard InChI is InChI=1S/C18H27N5O5S/c1-5-28-17(27)22-12(24)10-7-9-29-14(10)21-13(25)11-6-8-19-16(20-11)23-15(26)18(2,3)4/h7,9,11,16,19-20H,5-6,8H2,1-4H3,(H,21,25)(H,23,26)(H,22,24,27). The SMILES string of the molecule is CCOC(=O)NC(=O)c1ccsc1NC(=O)C1CCNC(NC(=O)C(C)(C)C)N1. The Hall–Kier alpha value is -2.50. The van der Waals surface area contributed by atoms with Gasteiger partial charge in [0.05, 0.1) is 18.2 Å². The number of carbonyl (C=O) groups is 4. The molecule has 0 saturated carbocycles. The maximum absolute atomic E-state index is 12.7. The average molecular weight is 426 g/mol. The van der Waals surface area contributed by atoms with Gasteiger partial charge in [0.25, 0.3) is 5.91 Å². The van der Waals surface area contributed by atoms with Crippen LogP contribution in [0.15, 0.2) is 11.4 Å². The minimum Gasteiger partial charge on any atom is -0.450 e. The van der Waals surface area contributed by atoms with Crippen LogP contribution in [0.25, 0.3) is 0 Å². The predicted molar refractivity (Wildman–Crippen MR) is 108 cm³/mol. The van der Waals surface area contributed by atoms with Gasteiger partial charge in [0.2, 0.25) is 11.8 Å². The Labute approximate surface area is 173 Å². The molecule has 160 valence electrons. The average Bonchev–Trinajstić information content (AvgIpc) is 3.09. The van der Waals surface area contributed by atoms with Gasteiger partial charge in [-0.05, 0) is 24.8 Å². The van der Waals surface area contributed by atoms with E-state index in [9.17, 15) is 19.2 Å². The molecule has 29 heavy (non-hydrogen) atoms. The van der Waals surface area contributed by atoms with E-state index < -0.39 is 29.7 Å². The normalized spacial score (nSPS) is 19.2. The molecule has 0 aliphatic carbocycles. The van der Waals surface area contributed by atoms with Crippen LogP contribution in [0.2, 0.25) is 0 Å². The number of alkyl carbamates (subject to hydrolysis) is 1. The second-order valence-electron chi connectivity index (χ2n) is 7.45. The van der Waals surface area contributed by atoms with Crippen LogP contribution in [0.4, 0.5) is 9.80 Å². The molecule has 10 nitrogen and oxygen atoms in total. The second kappa shape index (κ2) is 9.81. The van der Waals surface area contributed by atoms with E-state index in [1.807, 2.05) is 0 Å². The third kappa shape index (κ3) is 6.51. The van der Waals surface area contributed by atoms with Gasteiger partial charge < -0.3 is 15.4 Å². The summed E-state index contributed by atoms with van der Waals surface area (Å²) in [5.74, 6) is -1.15. The quantitative estimate of drug-likeness (QED) is 0.474. The number of amides is 4. The topological polar surface area (TPSA) is 138 Å². The van der Waals surface area contributed by atoms with Gasteiger partial charge in [-0.25, -0.2) is 4.79 Å². The molecule has 1 aliphatic rings. The van der Waals surface area contributed by atoms with Gasteiger partial charge in [0.15, 0.2) is 0 Å². The van der Waals surface area contributed by atoms with E-state index in [2.05, 4.69) is 31.3 Å². The van der Waals surface area contributed by atoms with Crippen LogP contribution in [0, 0.1) is 5.41 Å². The highest BCUT2D eigenvalue weighted by Crippen LogP contribution is 2.23. The molecule has 1 aromatic heterocycles.